The molecule has 6 aromatic rings. The largest absolute Gasteiger partial charge is 0.351 e. The number of Topliss-reactive ketones (excluding diaryl/α,β-unsaturated/α-hetero) is 2. The number of H-pyrrole nitrogens is 2. The summed E-state index contributed by atoms with van der Waals surface area (Å²) in [6.45, 7) is 18.8. The van der Waals surface area contributed by atoms with Crippen LogP contribution in [0.4, 0.5) is 0 Å². The van der Waals surface area contributed by atoms with Gasteiger partial charge in [0.2, 0.25) is 20.0 Å². The van der Waals surface area contributed by atoms with Gasteiger partial charge in [-0.1, -0.05) is 64.1 Å². The van der Waals surface area contributed by atoms with E-state index in [1.165, 1.54) is 50.5 Å². The lowest BCUT2D eigenvalue weighted by Gasteiger charge is -2.32. The fourth-order valence-corrected chi connectivity index (χ4v) is 10.6. The van der Waals surface area contributed by atoms with Gasteiger partial charge in [0.1, 0.15) is 34.9 Å². The third kappa shape index (κ3) is 10.9. The van der Waals surface area contributed by atoms with Gasteiger partial charge in [-0.05, 0) is 86.1 Å². The molecule has 4 heterocycles. The third-order valence-corrected chi connectivity index (χ3v) is 15.1. The van der Waals surface area contributed by atoms with Gasteiger partial charge in [-0.25, -0.2) is 26.8 Å². The van der Waals surface area contributed by atoms with Gasteiger partial charge in [0.05, 0.1) is 44.3 Å². The molecule has 2 unspecified atom stereocenters. The maximum absolute atomic E-state index is 14.4. The van der Waals surface area contributed by atoms with E-state index >= 15 is 0 Å². The van der Waals surface area contributed by atoms with Crippen molar-refractivity contribution in [3.05, 3.63) is 133 Å². The summed E-state index contributed by atoms with van der Waals surface area (Å²) in [6.07, 6.45) is 4.03. The molecule has 0 spiro atoms. The summed E-state index contributed by atoms with van der Waals surface area (Å²) in [5.74, 6) is -0.00244. The number of nitrogens with one attached hydrogen (secondary N) is 2. The zero-order chi connectivity index (χ0) is 47.4. The number of pyridine rings is 2. The van der Waals surface area contributed by atoms with Gasteiger partial charge in [-0.15, -0.1) is 13.2 Å². The van der Waals surface area contributed by atoms with Gasteiger partial charge in [0.25, 0.3) is 0 Å². The quantitative estimate of drug-likeness (QED) is 0.0661. The first-order valence-corrected chi connectivity index (χ1v) is 24.3. The second kappa shape index (κ2) is 20.2. The molecule has 344 valence electrons. The number of aromatic amines is 2. The Morgan fingerprint density at radius 3 is 1.31 bits per heavy atom. The Balaban J connectivity index is 1.18. The number of benzene rings is 2. The van der Waals surface area contributed by atoms with E-state index in [9.17, 15) is 26.4 Å². The van der Waals surface area contributed by atoms with Crippen molar-refractivity contribution in [3.63, 3.8) is 0 Å². The molecule has 2 aromatic carbocycles. The van der Waals surface area contributed by atoms with Crippen LogP contribution in [0.2, 0.25) is 0 Å². The number of likely N-dealkylation sites (N-methyl/N-ethyl adjacent to an activating group) is 2. The zero-order valence-corrected chi connectivity index (χ0v) is 39.8. The monoisotopic (exact) mass is 922 g/mol. The Bertz CT molecular complexity index is 2710. The van der Waals surface area contributed by atoms with Crippen LogP contribution in [0.5, 0.6) is 0 Å². The van der Waals surface area contributed by atoms with Crippen molar-refractivity contribution in [2.45, 2.75) is 101 Å². The summed E-state index contributed by atoms with van der Waals surface area (Å²) >= 11 is 0. The fraction of sp³-hybridized carbons (Fsp3) is 0.375. The van der Waals surface area contributed by atoms with Crippen molar-refractivity contribution in [2.75, 3.05) is 14.1 Å². The van der Waals surface area contributed by atoms with Crippen molar-refractivity contribution in [3.8, 4) is 0 Å². The molecule has 6 rings (SSSR count). The maximum atomic E-state index is 14.4. The van der Waals surface area contributed by atoms with Gasteiger partial charge in [-0.2, -0.15) is 8.61 Å². The summed E-state index contributed by atoms with van der Waals surface area (Å²) in [5.41, 5.74) is 6.33. The standard InChI is InChI=1S/C48H58N8O7S2/c1-11-43(47(57)41(25-29(3)4)55(9)64(59,60)35-17-13-33(14-18-35)27-39-45-37(21-23-49-39)51-31(7)53-45)63-44(12-2)48(58)42(26-30(5)6)56(10)65(61,62)36-19-15-34(16-20-36)28-40-46-38(22-24-50-40)52-32(8)54-46/h11-24,29-30,41-44H,1-2,25-28H2,3-10H3,(H,51,53)(H,52,54)/t41-,42-,43?,44?/m0/s1. The molecule has 0 aliphatic heterocycles. The van der Waals surface area contributed by atoms with Crippen molar-refractivity contribution in [1.29, 1.82) is 0 Å². The van der Waals surface area contributed by atoms with Crippen LogP contribution >= 0.6 is 0 Å². The molecule has 2 N–H and O–H groups in total. The highest BCUT2D eigenvalue weighted by molar-refractivity contribution is 7.89. The highest BCUT2D eigenvalue weighted by atomic mass is 32.2. The SMILES string of the molecule is C=CC(OC(C=C)C(=O)[C@H](CC(C)C)N(C)S(=O)(=O)c1ccc(Cc2nccc3[nH]c(C)nc23)cc1)C(=O)[C@H](CC(C)C)N(C)S(=O)(=O)c1ccc(Cc2nccc3[nH]c(C)nc23)cc1. The maximum Gasteiger partial charge on any atom is 0.243 e. The topological polar surface area (TPSA) is 201 Å². The number of sulfonamides is 2. The molecular weight excluding hydrogens is 865 g/mol. The van der Waals surface area contributed by atoms with Crippen LogP contribution in [0.3, 0.4) is 0 Å². The number of nitrogens with zero attached hydrogens (tertiary/aromatic N) is 6. The molecule has 0 radical (unpaired) electrons. The van der Waals surface area contributed by atoms with Crippen LogP contribution in [0, 0.1) is 25.7 Å². The number of carbonyl (C=O) groups is 2. The van der Waals surface area contributed by atoms with E-state index in [1.807, 2.05) is 53.7 Å². The molecule has 4 atom stereocenters. The Morgan fingerprint density at radius 1 is 0.631 bits per heavy atom. The van der Waals surface area contributed by atoms with E-state index in [4.69, 9.17) is 4.74 Å². The molecule has 0 aliphatic rings. The fourth-order valence-electron chi connectivity index (χ4n) is 7.89. The number of ketones is 2. The molecule has 0 amide bonds. The second-order valence-electron chi connectivity index (χ2n) is 17.2. The summed E-state index contributed by atoms with van der Waals surface area (Å²) in [5, 5.41) is 0. The van der Waals surface area contributed by atoms with E-state index in [0.29, 0.717) is 12.8 Å². The summed E-state index contributed by atoms with van der Waals surface area (Å²) in [6, 6.07) is 14.1. The van der Waals surface area contributed by atoms with Gasteiger partial charge < -0.3 is 14.7 Å². The number of aryl methyl sites for hydroxylation is 2. The molecule has 17 heteroatoms. The predicted molar refractivity (Wildman–Crippen MR) is 251 cm³/mol. The minimum atomic E-state index is -4.23. The molecule has 15 nitrogen and oxygen atoms in total. The van der Waals surface area contributed by atoms with Crippen molar-refractivity contribution in [2.24, 2.45) is 11.8 Å². The smallest absolute Gasteiger partial charge is 0.243 e. The summed E-state index contributed by atoms with van der Waals surface area (Å²) in [7, 11) is -5.77. The summed E-state index contributed by atoms with van der Waals surface area (Å²) < 4.78 is 64.9. The number of hydrogen-bond acceptors (Lipinski definition) is 11. The van der Waals surface area contributed by atoms with E-state index in [0.717, 1.165) is 64.8 Å². The van der Waals surface area contributed by atoms with Crippen LogP contribution in [0.15, 0.2) is 108 Å². The molecule has 0 saturated heterocycles. The van der Waals surface area contributed by atoms with Crippen LogP contribution in [-0.4, -0.2) is 105 Å². The third-order valence-electron chi connectivity index (χ3n) is 11.3. The lowest BCUT2D eigenvalue weighted by atomic mass is 9.96. The highest BCUT2D eigenvalue weighted by Crippen LogP contribution is 2.28. The molecule has 0 aliphatic carbocycles. The number of imidazole rings is 2. The van der Waals surface area contributed by atoms with E-state index < -0.39 is 55.9 Å². The average molecular weight is 923 g/mol. The minimum Gasteiger partial charge on any atom is -0.351 e. The van der Waals surface area contributed by atoms with Crippen molar-refractivity contribution >= 4 is 53.7 Å². The van der Waals surface area contributed by atoms with E-state index in [-0.39, 0.29) is 34.5 Å². The second-order valence-corrected chi connectivity index (χ2v) is 21.2. The van der Waals surface area contributed by atoms with Gasteiger partial charge in [-0.3, -0.25) is 19.6 Å². The number of aromatic nitrogens is 6. The number of rotatable bonds is 22. The lowest BCUT2D eigenvalue weighted by molar-refractivity contribution is -0.141. The number of ether oxygens (including phenoxy) is 1. The Kier molecular flexibility index (Phi) is 15.1. The molecular formula is C48H58N8O7S2. The first kappa shape index (κ1) is 48.7. The van der Waals surface area contributed by atoms with Crippen LogP contribution in [0.1, 0.15) is 74.7 Å². The molecule has 0 bridgehead atoms. The molecule has 0 saturated carbocycles. The highest BCUT2D eigenvalue weighted by Gasteiger charge is 2.40. The number of hydrogen-bond donors (Lipinski definition) is 2. The van der Waals surface area contributed by atoms with E-state index in [2.05, 4.69) is 43.1 Å². The number of fused-ring (bicyclic) bond motifs is 2. The normalized spacial score (nSPS) is 14.3. The van der Waals surface area contributed by atoms with Gasteiger partial charge in [0.15, 0.2) is 11.6 Å². The number of carbonyl (C=O) groups excluding carboxylic acids is 2. The molecule has 4 aromatic heterocycles. The average Bonchev–Trinajstić information content (AvgIpc) is 3.86. The first-order valence-electron chi connectivity index (χ1n) is 21.5. The Hall–Kier alpha value is -5.72. The van der Waals surface area contributed by atoms with Crippen LogP contribution in [-0.2, 0) is 47.2 Å². The zero-order valence-electron chi connectivity index (χ0n) is 38.1. The van der Waals surface area contributed by atoms with Crippen molar-refractivity contribution < 1.29 is 31.2 Å². The van der Waals surface area contributed by atoms with Crippen LogP contribution in [0.25, 0.3) is 22.1 Å². The Labute approximate surface area is 381 Å². The Morgan fingerprint density at radius 2 is 0.985 bits per heavy atom. The van der Waals surface area contributed by atoms with Crippen molar-refractivity contribution in [1.82, 2.24) is 38.5 Å². The first-order chi connectivity index (χ1) is 30.7. The van der Waals surface area contributed by atoms with E-state index in [1.54, 1.807) is 36.7 Å². The lowest BCUT2D eigenvalue weighted by Crippen LogP contribution is -2.50. The molecule has 0 fully saturated rings. The minimum absolute atomic E-state index is 0.0172. The van der Waals surface area contributed by atoms with Gasteiger partial charge in [0, 0.05) is 39.3 Å². The predicted octanol–water partition coefficient (Wildman–Crippen LogP) is 7.06. The van der Waals surface area contributed by atoms with Crippen LogP contribution < -0.4 is 0 Å². The van der Waals surface area contributed by atoms with Gasteiger partial charge >= 0.3 is 0 Å². The molecule has 65 heavy (non-hydrogen) atoms. The summed E-state index contributed by atoms with van der Waals surface area (Å²) in [4.78, 5) is 53.3.